The molecule has 0 bridgehead atoms. The summed E-state index contributed by atoms with van der Waals surface area (Å²) in [5, 5.41) is 66.0. The molecule has 23 N–H and O–H groups in total. The van der Waals surface area contributed by atoms with Crippen molar-refractivity contribution in [2.75, 3.05) is 46.9 Å². The van der Waals surface area contributed by atoms with E-state index in [-0.39, 0.29) is 76.3 Å². The Kier molecular flexibility index (Phi) is 38.5. The van der Waals surface area contributed by atoms with Gasteiger partial charge in [0.25, 0.3) is 0 Å². The molecule has 1 saturated heterocycles. The van der Waals surface area contributed by atoms with Crippen LogP contribution < -0.4 is 76.1 Å². The van der Waals surface area contributed by atoms with Crippen molar-refractivity contribution in [2.24, 2.45) is 40.7 Å². The zero-order chi connectivity index (χ0) is 82.9. The molecule has 1 fully saturated rings. The maximum Gasteiger partial charge on any atom is 0.329 e. The zero-order valence-corrected chi connectivity index (χ0v) is 63.9. The summed E-state index contributed by atoms with van der Waals surface area (Å²) in [6, 6.07) is -4.44. The lowest BCUT2D eigenvalue weighted by Crippen LogP contribution is -2.63. The van der Waals surface area contributed by atoms with E-state index >= 15 is 4.79 Å². The van der Waals surface area contributed by atoms with E-state index in [4.69, 9.17) is 27.7 Å². The molecular formula is C73H111N17O21. The van der Waals surface area contributed by atoms with Crippen LogP contribution in [-0.2, 0) is 94.3 Å². The maximum absolute atomic E-state index is 15.1. The third-order valence-corrected chi connectivity index (χ3v) is 18.4. The number of nitrogens with zero attached hydrogens (tertiary/aromatic N) is 2. The number of rotatable bonds is 26. The molecule has 2 heterocycles. The number of nitrogens with two attached hydrogens (primary N) is 4. The number of aliphatic hydroxyl groups excluding tert-OH is 3. The lowest BCUT2D eigenvalue weighted by Gasteiger charge is -2.34. The van der Waals surface area contributed by atoms with Crippen LogP contribution in [0.4, 0.5) is 0 Å². The summed E-state index contributed by atoms with van der Waals surface area (Å²) < 4.78 is 6.01. The van der Waals surface area contributed by atoms with E-state index in [1.165, 1.54) is 14.1 Å². The molecule has 4 rings (SSSR count). The number of likely N-dealkylation sites (N-methyl/N-ethyl adjacent to an activating group) is 2. The number of carboxylic acid groups (broad SMARTS) is 1. The molecule has 1 aliphatic rings. The molecular weight excluding hydrogens is 1450 g/mol. The Morgan fingerprint density at radius 3 is 1.66 bits per heavy atom. The summed E-state index contributed by atoms with van der Waals surface area (Å²) in [4.78, 5) is 230. The first kappa shape index (κ1) is 92.7. The van der Waals surface area contributed by atoms with Gasteiger partial charge in [-0.25, -0.2) is 4.79 Å². The highest BCUT2D eigenvalue weighted by Gasteiger charge is 2.42. The smallest absolute Gasteiger partial charge is 0.329 e. The monoisotopic (exact) mass is 1560 g/mol. The second kappa shape index (κ2) is 46.1. The van der Waals surface area contributed by atoms with Crippen LogP contribution in [0.2, 0.25) is 0 Å². The molecule has 6 unspecified atom stereocenters. The second-order valence-electron chi connectivity index (χ2n) is 28.6. The summed E-state index contributed by atoms with van der Waals surface area (Å²) >= 11 is 0. The third-order valence-electron chi connectivity index (χ3n) is 18.4. The van der Waals surface area contributed by atoms with Crippen molar-refractivity contribution in [2.45, 2.75) is 210 Å². The number of primary amides is 2. The Morgan fingerprint density at radius 2 is 1.08 bits per heavy atom. The number of benzene rings is 2. The molecule has 1 aliphatic heterocycles. The summed E-state index contributed by atoms with van der Waals surface area (Å²) in [7, 11) is 2.44. The molecule has 0 saturated carbocycles. The van der Waals surface area contributed by atoms with E-state index in [1.54, 1.807) is 88.5 Å². The number of carbonyl (C=O) groups excluding carboxylic acids is 15. The lowest BCUT2D eigenvalue weighted by atomic mass is 9.99. The molecule has 0 spiro atoms. The minimum absolute atomic E-state index is 0.0136. The average molecular weight is 1560 g/mol. The van der Waals surface area contributed by atoms with Gasteiger partial charge in [0, 0.05) is 50.5 Å². The second-order valence-corrected chi connectivity index (χ2v) is 28.6. The van der Waals surface area contributed by atoms with Crippen LogP contribution >= 0.6 is 0 Å². The van der Waals surface area contributed by atoms with E-state index < -0.39 is 225 Å². The van der Waals surface area contributed by atoms with Gasteiger partial charge >= 0.3 is 11.9 Å². The first-order valence-electron chi connectivity index (χ1n) is 36.9. The quantitative estimate of drug-likeness (QED) is 0.0335. The Morgan fingerprint density at radius 1 is 0.559 bits per heavy atom. The van der Waals surface area contributed by atoms with E-state index in [1.807, 2.05) is 24.5 Å². The van der Waals surface area contributed by atoms with Crippen LogP contribution in [0.3, 0.4) is 0 Å². The van der Waals surface area contributed by atoms with Gasteiger partial charge in [-0.15, -0.1) is 0 Å². The third kappa shape index (κ3) is 29.9. The highest BCUT2D eigenvalue weighted by atomic mass is 16.5. The zero-order valence-electron chi connectivity index (χ0n) is 63.9. The van der Waals surface area contributed by atoms with Gasteiger partial charge in [-0.1, -0.05) is 96.5 Å². The summed E-state index contributed by atoms with van der Waals surface area (Å²) in [5.41, 5.74) is 24.4. The van der Waals surface area contributed by atoms with Crippen LogP contribution in [0.15, 0.2) is 60.8 Å². The number of aliphatic carboxylic acids is 1. The summed E-state index contributed by atoms with van der Waals surface area (Å²) in [6.45, 7) is 6.91. The standard InChI is InChI=1S/C73H111N17O21/c1-38(2)17-14-20-43-32-56(94)80-53(37-92)69(106)88-59(61(98)62(77)99)71(108)87-52(36-91)63(100)79-35-57(95)89(7)54(30-41-18-10-9-11-19-41)70(107)86-49(29-39(3)4)66(103)81-46(23-15-27-74)64(101)82-47(25-26-58(96)97)65(102)85-51(33-55(76)93)68(105)84-50(31-42-34-78-45-22-13-12-21-44(42)45)67(104)83-48(24-16-28-75)72(109)90(8)60(40(5)6)73(110)111-43/h9-13,18-19,21-22,34,38-40,43,46-54,59-61,78,91-92,98H,14-17,20,23-33,35-37,74-75H2,1-8H3,(H2,76,93)(H2,77,99)(H,79,100)(H,80,94)(H,81,103)(H,82,101)(H,83,104)(H,84,105)(H,85,102)(H,86,107)(H,87,108)(H,88,106)(H,96,97)/t43-,46?,47?,48-,49+,50?,51-,52?,53+,54?,59-,60?,61-/m1/s1. The number of para-hydroxylation sites is 1. The molecule has 0 aliphatic carbocycles. The number of ether oxygens (including phenoxy) is 1. The maximum atomic E-state index is 15.1. The highest BCUT2D eigenvalue weighted by Crippen LogP contribution is 2.23. The van der Waals surface area contributed by atoms with Crippen LogP contribution in [0.25, 0.3) is 10.9 Å². The molecule has 1 aromatic heterocycles. The van der Waals surface area contributed by atoms with E-state index in [9.17, 15) is 92.3 Å². The Bertz CT molecular complexity index is 3710. The van der Waals surface area contributed by atoms with Crippen LogP contribution in [0.5, 0.6) is 0 Å². The number of carboxylic acids is 1. The lowest BCUT2D eigenvalue weighted by molar-refractivity contribution is -0.162. The molecule has 3 aromatic rings. The number of nitrogens with one attached hydrogen (secondary N) is 11. The summed E-state index contributed by atoms with van der Waals surface area (Å²) in [5.74, 6) is -19.9. The minimum atomic E-state index is -2.59. The van der Waals surface area contributed by atoms with Gasteiger partial charge in [-0.3, -0.25) is 71.9 Å². The van der Waals surface area contributed by atoms with Gasteiger partial charge < -0.3 is 116 Å². The van der Waals surface area contributed by atoms with E-state index in [0.717, 1.165) is 9.80 Å². The number of aromatic nitrogens is 1. The highest BCUT2D eigenvalue weighted by molar-refractivity contribution is 6.01. The number of aromatic amines is 1. The Hall–Kier alpha value is -10.7. The molecule has 38 nitrogen and oxygen atoms in total. The van der Waals surface area contributed by atoms with Crippen LogP contribution in [-0.4, -0.2) is 255 Å². The molecule has 0 radical (unpaired) electrons. The first-order valence-corrected chi connectivity index (χ1v) is 36.9. The van der Waals surface area contributed by atoms with Gasteiger partial charge in [0.15, 0.2) is 6.10 Å². The van der Waals surface area contributed by atoms with Crippen molar-refractivity contribution in [1.29, 1.82) is 0 Å². The number of H-pyrrole nitrogens is 1. The molecule has 13 atom stereocenters. The van der Waals surface area contributed by atoms with Crippen LogP contribution in [0, 0.1) is 17.8 Å². The topological polar surface area (TPSA) is 610 Å². The first-order chi connectivity index (χ1) is 52.4. The number of carbonyl (C=O) groups is 16. The SMILES string of the molecule is CC(C)CCC[C@@H]1CC(=O)N[C@@H](CO)C(=O)N[C@H]([C@@H](O)C(N)=O)C(=O)NC(CO)C(=O)NCC(=O)N(C)C(Cc2ccccc2)C(=O)N[C@@H](CC(C)C)C(=O)NC(CCCN)C(=O)NC(CCC(=O)O)C(=O)N[C@H](CC(N)=O)C(=O)NC(Cc2c[nH]c3ccccc23)C(=O)N[C@H](CCCN)C(=O)N(C)C(C(C)C)C(=O)O1. The molecule has 2 aromatic carbocycles. The number of cyclic esters (lactones) is 1. The average Bonchev–Trinajstić information content (AvgIpc) is 1.77. The molecule has 38 heteroatoms. The predicted octanol–water partition coefficient (Wildman–Crippen LogP) is -5.02. The largest absolute Gasteiger partial charge is 0.481 e. The van der Waals surface area contributed by atoms with Crippen molar-refractivity contribution in [3.8, 4) is 0 Å². The fourth-order valence-electron chi connectivity index (χ4n) is 12.3. The fourth-order valence-corrected chi connectivity index (χ4v) is 12.3. The van der Waals surface area contributed by atoms with Gasteiger partial charge in [0.1, 0.15) is 72.6 Å². The number of hydrogen-bond acceptors (Lipinski definition) is 22. The van der Waals surface area contributed by atoms with Crippen molar-refractivity contribution in [3.63, 3.8) is 0 Å². The van der Waals surface area contributed by atoms with E-state index in [2.05, 4.69) is 47.5 Å². The number of fused-ring (bicyclic) bond motifs is 1. The van der Waals surface area contributed by atoms with Crippen LogP contribution in [0.1, 0.15) is 130 Å². The number of hydrogen-bond donors (Lipinski definition) is 19. The van der Waals surface area contributed by atoms with Gasteiger partial charge in [-0.05, 0) is 99.4 Å². The number of amides is 14. The fraction of sp³-hybridized carbons (Fsp3) is 0.589. The van der Waals surface area contributed by atoms with Crippen molar-refractivity contribution in [3.05, 3.63) is 71.9 Å². The normalized spacial score (nSPS) is 24.2. The molecule has 614 valence electrons. The van der Waals surface area contributed by atoms with Gasteiger partial charge in [0.2, 0.25) is 82.7 Å². The van der Waals surface area contributed by atoms with Crippen molar-refractivity contribution in [1.82, 2.24) is 68.0 Å². The predicted molar refractivity (Wildman–Crippen MR) is 400 cm³/mol. The van der Waals surface area contributed by atoms with Crippen molar-refractivity contribution >= 4 is 106 Å². The molecule has 14 amide bonds. The molecule has 111 heavy (non-hydrogen) atoms. The number of aliphatic hydroxyl groups is 3. The Balaban J connectivity index is 1.92. The number of esters is 1. The van der Waals surface area contributed by atoms with Gasteiger partial charge in [-0.2, -0.15) is 0 Å². The minimum Gasteiger partial charge on any atom is -0.481 e. The Labute approximate surface area is 642 Å². The van der Waals surface area contributed by atoms with E-state index in [0.29, 0.717) is 34.9 Å². The van der Waals surface area contributed by atoms with Crippen molar-refractivity contribution < 1.29 is 102 Å². The van der Waals surface area contributed by atoms with Gasteiger partial charge in [0.05, 0.1) is 32.6 Å². The summed E-state index contributed by atoms with van der Waals surface area (Å²) in [6.07, 6.45) is -5.48.